The third-order valence-corrected chi connectivity index (χ3v) is 2.72. The van der Waals surface area contributed by atoms with Crippen LogP contribution in [0.25, 0.3) is 11.3 Å². The fraction of sp³-hybridized carbons (Fsp3) is 0.357. The molecule has 0 aliphatic carbocycles. The summed E-state index contributed by atoms with van der Waals surface area (Å²) in [5, 5.41) is 4.58. The molecule has 0 saturated heterocycles. The molecule has 0 bridgehead atoms. The lowest BCUT2D eigenvalue weighted by Crippen LogP contribution is -2.22. The van der Waals surface area contributed by atoms with Gasteiger partial charge in [-0.1, -0.05) is 23.8 Å². The number of anilines is 1. The lowest BCUT2D eigenvalue weighted by atomic mass is 10.1. The van der Waals surface area contributed by atoms with Crippen LogP contribution in [0.2, 0.25) is 0 Å². The highest BCUT2D eigenvalue weighted by Crippen LogP contribution is 2.27. The number of rotatable bonds is 1. The number of hydrogen-bond acceptors (Lipinski definition) is 2. The summed E-state index contributed by atoms with van der Waals surface area (Å²) in [5.41, 5.74) is 9.87. The van der Waals surface area contributed by atoms with Crippen molar-refractivity contribution in [2.24, 2.45) is 0 Å². The van der Waals surface area contributed by atoms with Gasteiger partial charge in [0.05, 0.1) is 11.2 Å². The van der Waals surface area contributed by atoms with E-state index in [0.29, 0.717) is 0 Å². The van der Waals surface area contributed by atoms with Crippen LogP contribution in [-0.4, -0.2) is 9.78 Å². The average Bonchev–Trinajstić information content (AvgIpc) is 2.60. The van der Waals surface area contributed by atoms with Crippen LogP contribution in [0.1, 0.15) is 26.3 Å². The number of nitrogen functional groups attached to an aromatic ring is 1. The second-order valence-corrected chi connectivity index (χ2v) is 5.42. The van der Waals surface area contributed by atoms with E-state index in [1.807, 2.05) is 23.0 Å². The van der Waals surface area contributed by atoms with Gasteiger partial charge in [-0.15, -0.1) is 0 Å². The molecular formula is C14H19N3. The Morgan fingerprint density at radius 2 is 1.94 bits per heavy atom. The summed E-state index contributed by atoms with van der Waals surface area (Å²) in [7, 11) is 0. The molecule has 0 atom stereocenters. The first-order valence-electron chi connectivity index (χ1n) is 5.80. The molecular weight excluding hydrogens is 210 g/mol. The number of aryl methyl sites for hydroxylation is 1. The molecule has 0 saturated carbocycles. The molecule has 2 N–H and O–H groups in total. The van der Waals surface area contributed by atoms with Crippen molar-refractivity contribution in [3.05, 3.63) is 36.0 Å². The minimum atomic E-state index is -0.0454. The largest absolute Gasteiger partial charge is 0.396 e. The summed E-state index contributed by atoms with van der Waals surface area (Å²) < 4.78 is 1.92. The van der Waals surface area contributed by atoms with Crippen LogP contribution in [0.5, 0.6) is 0 Å². The van der Waals surface area contributed by atoms with Crippen molar-refractivity contribution in [3.8, 4) is 11.3 Å². The van der Waals surface area contributed by atoms with Crippen LogP contribution in [-0.2, 0) is 5.54 Å². The van der Waals surface area contributed by atoms with E-state index in [4.69, 9.17) is 5.73 Å². The van der Waals surface area contributed by atoms with Crippen molar-refractivity contribution < 1.29 is 0 Å². The van der Waals surface area contributed by atoms with E-state index in [9.17, 15) is 0 Å². The van der Waals surface area contributed by atoms with Gasteiger partial charge in [-0.3, -0.25) is 4.68 Å². The fourth-order valence-corrected chi connectivity index (χ4v) is 1.75. The summed E-state index contributed by atoms with van der Waals surface area (Å²) in [4.78, 5) is 0. The SMILES string of the molecule is Cc1cccc(-c2nn(C(C)(C)C)cc2N)c1. The smallest absolute Gasteiger partial charge is 0.115 e. The molecule has 90 valence electrons. The van der Waals surface area contributed by atoms with E-state index < -0.39 is 0 Å². The predicted octanol–water partition coefficient (Wildman–Crippen LogP) is 3.20. The van der Waals surface area contributed by atoms with E-state index in [1.165, 1.54) is 5.56 Å². The summed E-state index contributed by atoms with van der Waals surface area (Å²) in [6.07, 6.45) is 1.90. The van der Waals surface area contributed by atoms with E-state index in [-0.39, 0.29) is 5.54 Å². The first kappa shape index (κ1) is 11.7. The second-order valence-electron chi connectivity index (χ2n) is 5.42. The lowest BCUT2D eigenvalue weighted by molar-refractivity contribution is 0.356. The van der Waals surface area contributed by atoms with Crippen LogP contribution >= 0.6 is 0 Å². The molecule has 0 fully saturated rings. The molecule has 3 nitrogen and oxygen atoms in total. The molecule has 1 aromatic carbocycles. The van der Waals surface area contributed by atoms with Gasteiger partial charge in [0.1, 0.15) is 5.69 Å². The molecule has 0 radical (unpaired) electrons. The minimum Gasteiger partial charge on any atom is -0.396 e. The maximum Gasteiger partial charge on any atom is 0.115 e. The Kier molecular flexibility index (Phi) is 2.69. The number of aromatic nitrogens is 2. The summed E-state index contributed by atoms with van der Waals surface area (Å²) in [6.45, 7) is 8.40. The maximum absolute atomic E-state index is 6.04. The van der Waals surface area contributed by atoms with Gasteiger partial charge >= 0.3 is 0 Å². The Morgan fingerprint density at radius 1 is 1.24 bits per heavy atom. The highest BCUT2D eigenvalue weighted by atomic mass is 15.3. The van der Waals surface area contributed by atoms with Crippen molar-refractivity contribution in [1.82, 2.24) is 9.78 Å². The number of benzene rings is 1. The first-order valence-corrected chi connectivity index (χ1v) is 5.80. The number of hydrogen-bond donors (Lipinski definition) is 1. The van der Waals surface area contributed by atoms with Crippen molar-refractivity contribution in [2.75, 3.05) is 5.73 Å². The summed E-state index contributed by atoms with van der Waals surface area (Å²) >= 11 is 0. The molecule has 1 aromatic heterocycles. The second kappa shape index (κ2) is 3.91. The van der Waals surface area contributed by atoms with Gasteiger partial charge in [-0.05, 0) is 33.8 Å². The molecule has 1 heterocycles. The molecule has 0 amide bonds. The van der Waals surface area contributed by atoms with Gasteiger partial charge in [0, 0.05) is 11.8 Å². The molecule has 2 rings (SSSR count). The van der Waals surface area contributed by atoms with Gasteiger partial charge < -0.3 is 5.73 Å². The fourth-order valence-electron chi connectivity index (χ4n) is 1.75. The van der Waals surface area contributed by atoms with Gasteiger partial charge in [0.15, 0.2) is 0 Å². The zero-order chi connectivity index (χ0) is 12.6. The van der Waals surface area contributed by atoms with Gasteiger partial charge in [-0.2, -0.15) is 5.10 Å². The van der Waals surface area contributed by atoms with Crippen LogP contribution in [0.3, 0.4) is 0 Å². The van der Waals surface area contributed by atoms with E-state index in [2.05, 4.69) is 44.9 Å². The quantitative estimate of drug-likeness (QED) is 0.816. The van der Waals surface area contributed by atoms with Gasteiger partial charge in [0.25, 0.3) is 0 Å². The summed E-state index contributed by atoms with van der Waals surface area (Å²) in [5.74, 6) is 0. The Bertz CT molecular complexity index is 533. The number of nitrogens with zero attached hydrogens (tertiary/aromatic N) is 2. The molecule has 3 heteroatoms. The van der Waals surface area contributed by atoms with Crippen molar-refractivity contribution in [3.63, 3.8) is 0 Å². The Morgan fingerprint density at radius 3 is 2.47 bits per heavy atom. The van der Waals surface area contributed by atoms with Crippen LogP contribution in [0.15, 0.2) is 30.5 Å². The Labute approximate surface area is 102 Å². The maximum atomic E-state index is 6.04. The van der Waals surface area contributed by atoms with Gasteiger partial charge in [-0.25, -0.2) is 0 Å². The molecule has 17 heavy (non-hydrogen) atoms. The lowest BCUT2D eigenvalue weighted by Gasteiger charge is -2.18. The normalized spacial score (nSPS) is 11.8. The third-order valence-electron chi connectivity index (χ3n) is 2.72. The zero-order valence-electron chi connectivity index (χ0n) is 10.9. The van der Waals surface area contributed by atoms with Crippen molar-refractivity contribution in [2.45, 2.75) is 33.2 Å². The third kappa shape index (κ3) is 2.33. The molecule has 0 aliphatic heterocycles. The predicted molar refractivity (Wildman–Crippen MR) is 71.8 cm³/mol. The van der Waals surface area contributed by atoms with Gasteiger partial charge in [0.2, 0.25) is 0 Å². The van der Waals surface area contributed by atoms with Crippen LogP contribution in [0.4, 0.5) is 5.69 Å². The highest BCUT2D eigenvalue weighted by molar-refractivity contribution is 5.72. The molecule has 0 aliphatic rings. The minimum absolute atomic E-state index is 0.0454. The van der Waals surface area contributed by atoms with E-state index in [1.54, 1.807) is 0 Å². The van der Waals surface area contributed by atoms with Crippen LogP contribution in [0, 0.1) is 6.92 Å². The van der Waals surface area contributed by atoms with E-state index in [0.717, 1.165) is 16.9 Å². The van der Waals surface area contributed by atoms with Crippen molar-refractivity contribution in [1.29, 1.82) is 0 Å². The highest BCUT2D eigenvalue weighted by Gasteiger charge is 2.17. The molecule has 0 spiro atoms. The number of nitrogens with two attached hydrogens (primary N) is 1. The Balaban J connectivity index is 2.50. The Hall–Kier alpha value is -1.77. The van der Waals surface area contributed by atoms with Crippen LogP contribution < -0.4 is 5.73 Å². The standard InChI is InChI=1S/C14H19N3/c1-10-6-5-7-11(8-10)13-12(15)9-17(16-13)14(2,3)4/h5-9H,15H2,1-4H3. The topological polar surface area (TPSA) is 43.8 Å². The molecule has 0 unspecified atom stereocenters. The first-order chi connectivity index (χ1) is 7.88. The zero-order valence-corrected chi connectivity index (χ0v) is 10.9. The van der Waals surface area contributed by atoms with E-state index >= 15 is 0 Å². The molecule has 2 aromatic rings. The summed E-state index contributed by atoms with van der Waals surface area (Å²) in [6, 6.07) is 8.24. The average molecular weight is 229 g/mol. The monoisotopic (exact) mass is 229 g/mol. The van der Waals surface area contributed by atoms with Crippen molar-refractivity contribution >= 4 is 5.69 Å².